The van der Waals surface area contributed by atoms with Crippen molar-refractivity contribution in [3.05, 3.63) is 70.2 Å². The van der Waals surface area contributed by atoms with Crippen molar-refractivity contribution in [1.29, 1.82) is 0 Å². The van der Waals surface area contributed by atoms with Crippen LogP contribution in [0.25, 0.3) is 0 Å². The first-order chi connectivity index (χ1) is 12.6. The van der Waals surface area contributed by atoms with E-state index in [1.165, 1.54) is 0 Å². The van der Waals surface area contributed by atoms with Crippen LogP contribution in [0.1, 0.15) is 41.6 Å². The smallest absolute Gasteiger partial charge is 0.251 e. The van der Waals surface area contributed by atoms with Gasteiger partial charge in [0.05, 0.1) is 5.41 Å². The molecule has 2 aromatic rings. The highest BCUT2D eigenvalue weighted by atomic mass is 79.9. The molecule has 0 unspecified atom stereocenters. The summed E-state index contributed by atoms with van der Waals surface area (Å²) in [5.41, 5.74) is 1.26. The van der Waals surface area contributed by atoms with E-state index < -0.39 is 5.41 Å². The van der Waals surface area contributed by atoms with Gasteiger partial charge in [-0.15, -0.1) is 0 Å². The second kappa shape index (κ2) is 8.49. The Hall–Kier alpha value is -2.14. The SMILES string of the molecule is O=C(NCCNC(=O)C1(c2ccc(Br)cc2)CCCC1)c1ccccc1. The van der Waals surface area contributed by atoms with Gasteiger partial charge >= 0.3 is 0 Å². The minimum Gasteiger partial charge on any atom is -0.354 e. The van der Waals surface area contributed by atoms with Gasteiger partial charge in [-0.1, -0.05) is 59.1 Å². The number of hydrogen-bond acceptors (Lipinski definition) is 2. The van der Waals surface area contributed by atoms with Crippen molar-refractivity contribution in [2.24, 2.45) is 0 Å². The third-order valence-electron chi connectivity index (χ3n) is 5.02. The Morgan fingerprint density at radius 2 is 1.50 bits per heavy atom. The minimum atomic E-state index is -0.440. The second-order valence-corrected chi connectivity index (χ2v) is 7.59. The fourth-order valence-corrected chi connectivity index (χ4v) is 3.87. The number of benzene rings is 2. The van der Waals surface area contributed by atoms with Gasteiger partial charge in [-0.3, -0.25) is 9.59 Å². The summed E-state index contributed by atoms with van der Waals surface area (Å²) in [4.78, 5) is 25.0. The summed E-state index contributed by atoms with van der Waals surface area (Å²) < 4.78 is 1.01. The molecule has 2 aromatic carbocycles. The molecule has 5 heteroatoms. The Balaban J connectivity index is 1.56. The van der Waals surface area contributed by atoms with Crippen LogP contribution in [0.15, 0.2) is 59.1 Å². The molecule has 1 saturated carbocycles. The number of carbonyl (C=O) groups excluding carboxylic acids is 2. The summed E-state index contributed by atoms with van der Waals surface area (Å²) in [5, 5.41) is 5.86. The molecule has 0 aromatic heterocycles. The number of carbonyl (C=O) groups is 2. The third kappa shape index (κ3) is 4.15. The Morgan fingerprint density at radius 1 is 0.885 bits per heavy atom. The minimum absolute atomic E-state index is 0.0614. The molecule has 1 fully saturated rings. The number of halogens is 1. The molecule has 0 radical (unpaired) electrons. The van der Waals surface area contributed by atoms with Gasteiger partial charge in [0, 0.05) is 23.1 Å². The van der Waals surface area contributed by atoms with E-state index in [4.69, 9.17) is 0 Å². The van der Waals surface area contributed by atoms with Crippen LogP contribution in [0.5, 0.6) is 0 Å². The Kier molecular flexibility index (Phi) is 6.09. The zero-order valence-electron chi connectivity index (χ0n) is 14.6. The average molecular weight is 415 g/mol. The van der Waals surface area contributed by atoms with E-state index in [0.717, 1.165) is 35.7 Å². The van der Waals surface area contributed by atoms with Gasteiger partial charge in [-0.05, 0) is 42.7 Å². The maximum atomic E-state index is 12.9. The second-order valence-electron chi connectivity index (χ2n) is 6.67. The Morgan fingerprint density at radius 3 is 2.15 bits per heavy atom. The first-order valence-electron chi connectivity index (χ1n) is 8.99. The van der Waals surface area contributed by atoms with E-state index in [0.29, 0.717) is 18.7 Å². The maximum Gasteiger partial charge on any atom is 0.251 e. The molecule has 0 atom stereocenters. The highest BCUT2D eigenvalue weighted by molar-refractivity contribution is 9.10. The van der Waals surface area contributed by atoms with Crippen LogP contribution in [0.4, 0.5) is 0 Å². The molecule has 2 N–H and O–H groups in total. The van der Waals surface area contributed by atoms with Crippen molar-refractivity contribution >= 4 is 27.7 Å². The normalized spacial score (nSPS) is 15.4. The largest absolute Gasteiger partial charge is 0.354 e. The zero-order chi connectivity index (χ0) is 18.4. The summed E-state index contributed by atoms with van der Waals surface area (Å²) in [5.74, 6) is -0.0605. The van der Waals surface area contributed by atoms with Crippen LogP contribution in [0.2, 0.25) is 0 Å². The average Bonchev–Trinajstić information content (AvgIpc) is 3.17. The van der Waals surface area contributed by atoms with Crippen molar-refractivity contribution in [2.45, 2.75) is 31.1 Å². The van der Waals surface area contributed by atoms with E-state index in [1.54, 1.807) is 12.1 Å². The zero-order valence-corrected chi connectivity index (χ0v) is 16.2. The van der Waals surface area contributed by atoms with Gasteiger partial charge in [0.1, 0.15) is 0 Å². The number of nitrogens with one attached hydrogen (secondary N) is 2. The fraction of sp³-hybridized carbons (Fsp3) is 0.333. The molecule has 0 spiro atoms. The van der Waals surface area contributed by atoms with Gasteiger partial charge in [-0.25, -0.2) is 0 Å². The lowest BCUT2D eigenvalue weighted by molar-refractivity contribution is -0.126. The van der Waals surface area contributed by atoms with Gasteiger partial charge in [-0.2, -0.15) is 0 Å². The van der Waals surface area contributed by atoms with E-state index in [1.807, 2.05) is 42.5 Å². The number of hydrogen-bond donors (Lipinski definition) is 2. The van der Waals surface area contributed by atoms with Gasteiger partial charge in [0.25, 0.3) is 5.91 Å². The van der Waals surface area contributed by atoms with Gasteiger partial charge in [0.15, 0.2) is 0 Å². The van der Waals surface area contributed by atoms with Crippen LogP contribution < -0.4 is 10.6 Å². The van der Waals surface area contributed by atoms with Crippen molar-refractivity contribution in [1.82, 2.24) is 10.6 Å². The molecule has 136 valence electrons. The summed E-state index contributed by atoms with van der Waals surface area (Å²) >= 11 is 3.45. The summed E-state index contributed by atoms with van der Waals surface area (Å²) in [6, 6.07) is 17.1. The number of amides is 2. The van der Waals surface area contributed by atoms with Crippen molar-refractivity contribution in [2.75, 3.05) is 13.1 Å². The highest BCUT2D eigenvalue weighted by Crippen LogP contribution is 2.41. The molecule has 0 bridgehead atoms. The molecule has 1 aliphatic carbocycles. The predicted molar refractivity (Wildman–Crippen MR) is 106 cm³/mol. The first kappa shape index (κ1) is 18.6. The monoisotopic (exact) mass is 414 g/mol. The lowest BCUT2D eigenvalue weighted by Crippen LogP contribution is -2.45. The molecule has 1 aliphatic rings. The molecular weight excluding hydrogens is 392 g/mol. The molecule has 2 amide bonds. The molecular formula is C21H23BrN2O2. The quantitative estimate of drug-likeness (QED) is 0.705. The van der Waals surface area contributed by atoms with E-state index in [2.05, 4.69) is 26.6 Å². The van der Waals surface area contributed by atoms with Gasteiger partial charge < -0.3 is 10.6 Å². The molecule has 26 heavy (non-hydrogen) atoms. The van der Waals surface area contributed by atoms with Crippen LogP contribution in [-0.4, -0.2) is 24.9 Å². The Bertz CT molecular complexity index is 753. The lowest BCUT2D eigenvalue weighted by Gasteiger charge is -2.28. The first-order valence-corrected chi connectivity index (χ1v) is 9.79. The van der Waals surface area contributed by atoms with Crippen molar-refractivity contribution < 1.29 is 9.59 Å². The lowest BCUT2D eigenvalue weighted by atomic mass is 9.78. The van der Waals surface area contributed by atoms with Crippen molar-refractivity contribution in [3.63, 3.8) is 0 Å². The predicted octanol–water partition coefficient (Wildman–Crippen LogP) is 3.81. The van der Waals surface area contributed by atoms with Crippen LogP contribution >= 0.6 is 15.9 Å². The molecule has 0 heterocycles. The number of rotatable bonds is 6. The van der Waals surface area contributed by atoms with Crippen molar-refractivity contribution in [3.8, 4) is 0 Å². The summed E-state index contributed by atoms with van der Waals surface area (Å²) in [6.07, 6.45) is 3.87. The van der Waals surface area contributed by atoms with Crippen LogP contribution in [-0.2, 0) is 10.2 Å². The maximum absolute atomic E-state index is 12.9. The molecule has 4 nitrogen and oxygen atoms in total. The Labute approximate surface area is 162 Å². The summed E-state index contributed by atoms with van der Waals surface area (Å²) in [6.45, 7) is 0.839. The van der Waals surface area contributed by atoms with Crippen LogP contribution in [0, 0.1) is 0 Å². The van der Waals surface area contributed by atoms with Crippen LogP contribution in [0.3, 0.4) is 0 Å². The van der Waals surface area contributed by atoms with Gasteiger partial charge in [0.2, 0.25) is 5.91 Å². The summed E-state index contributed by atoms with van der Waals surface area (Å²) in [7, 11) is 0. The van der Waals surface area contributed by atoms with E-state index in [9.17, 15) is 9.59 Å². The third-order valence-corrected chi connectivity index (χ3v) is 5.55. The fourth-order valence-electron chi connectivity index (χ4n) is 3.61. The highest BCUT2D eigenvalue weighted by Gasteiger charge is 2.42. The topological polar surface area (TPSA) is 58.2 Å². The standard InChI is InChI=1S/C21H23BrN2O2/c22-18-10-8-17(9-11-18)21(12-4-5-13-21)20(26)24-15-14-23-19(25)16-6-2-1-3-7-16/h1-3,6-11H,4-5,12-15H2,(H,23,25)(H,24,26). The van der Waals surface area contributed by atoms with E-state index in [-0.39, 0.29) is 11.8 Å². The molecule has 0 aliphatic heterocycles. The van der Waals surface area contributed by atoms with E-state index >= 15 is 0 Å². The molecule has 0 saturated heterocycles. The molecule has 3 rings (SSSR count).